The first kappa shape index (κ1) is 25.2. The average molecular weight is 497 g/mol. The lowest BCUT2D eigenvalue weighted by Crippen LogP contribution is -2.28. The number of hydrogen-bond acceptors (Lipinski definition) is 6. The quantitative estimate of drug-likeness (QED) is 0.376. The Bertz CT molecular complexity index is 1320. The Morgan fingerprint density at radius 3 is 2.41 bits per heavy atom. The van der Waals surface area contributed by atoms with Gasteiger partial charge in [0.25, 0.3) is 10.0 Å². The zero-order valence-electron chi connectivity index (χ0n) is 18.8. The van der Waals surface area contributed by atoms with Crippen LogP contribution in [-0.4, -0.2) is 45.3 Å². The van der Waals surface area contributed by atoms with Crippen LogP contribution in [0.3, 0.4) is 0 Å². The summed E-state index contributed by atoms with van der Waals surface area (Å²) >= 11 is 1.17. The molecule has 0 aliphatic carbocycles. The number of esters is 1. The van der Waals surface area contributed by atoms with Gasteiger partial charge in [-0.25, -0.2) is 17.5 Å². The highest BCUT2D eigenvalue weighted by atomic mass is 32.2. The van der Waals surface area contributed by atoms with Crippen LogP contribution in [0.25, 0.3) is 0 Å². The molecule has 176 valence electrons. The number of amides is 1. The molecule has 0 atom stereocenters. The van der Waals surface area contributed by atoms with Crippen LogP contribution in [-0.2, 0) is 19.6 Å². The molecule has 0 aliphatic heterocycles. The number of thiophene rings is 1. The highest BCUT2D eigenvalue weighted by Crippen LogP contribution is 2.20. The van der Waals surface area contributed by atoms with Crippen LogP contribution in [0.1, 0.15) is 34.3 Å². The molecule has 9 heteroatoms. The number of rotatable bonds is 8. The molecule has 0 unspecified atom stereocenters. The van der Waals surface area contributed by atoms with Crippen LogP contribution in [0, 0.1) is 11.8 Å². The Labute approximate surface area is 203 Å². The molecule has 0 fully saturated rings. The maximum Gasteiger partial charge on any atom is 0.337 e. The van der Waals surface area contributed by atoms with E-state index in [1.807, 2.05) is 6.07 Å². The van der Waals surface area contributed by atoms with Crippen LogP contribution in [0.5, 0.6) is 0 Å². The molecule has 7 nitrogen and oxygen atoms in total. The summed E-state index contributed by atoms with van der Waals surface area (Å²) in [6.45, 7) is 0.240. The minimum atomic E-state index is -3.52. The standard InChI is InChI=1S/C25H24N2O5S2/c1-27(34(30,31)24-12-6-16-33-24)15-5-11-23(28)26-22-10-4-8-20(18-22)14-13-19-7-3-9-21(17-19)25(29)32-2/h3-4,6-10,12,16-18H,5,11,15H2,1-2H3,(H,26,28). The fraction of sp³-hybridized carbons (Fsp3) is 0.200. The lowest BCUT2D eigenvalue weighted by Gasteiger charge is -2.15. The summed E-state index contributed by atoms with van der Waals surface area (Å²) in [6, 6.07) is 17.2. The molecule has 34 heavy (non-hydrogen) atoms. The third-order valence-electron chi connectivity index (χ3n) is 4.82. The van der Waals surface area contributed by atoms with E-state index < -0.39 is 16.0 Å². The van der Waals surface area contributed by atoms with Crippen LogP contribution in [0.15, 0.2) is 70.3 Å². The molecule has 0 saturated carbocycles. The maximum atomic E-state index is 12.4. The number of sulfonamides is 1. The number of ether oxygens (including phenoxy) is 1. The minimum Gasteiger partial charge on any atom is -0.465 e. The van der Waals surface area contributed by atoms with E-state index in [4.69, 9.17) is 4.74 Å². The van der Waals surface area contributed by atoms with E-state index in [-0.39, 0.29) is 23.1 Å². The van der Waals surface area contributed by atoms with Gasteiger partial charge in [-0.15, -0.1) is 11.3 Å². The highest BCUT2D eigenvalue weighted by molar-refractivity contribution is 7.91. The van der Waals surface area contributed by atoms with Crippen molar-refractivity contribution >= 4 is 38.9 Å². The second-order valence-electron chi connectivity index (χ2n) is 7.31. The van der Waals surface area contributed by atoms with Gasteiger partial charge in [0.2, 0.25) is 5.91 Å². The SMILES string of the molecule is COC(=O)c1cccc(C#Cc2cccc(NC(=O)CCCN(C)S(=O)(=O)c3cccs3)c2)c1. The summed E-state index contributed by atoms with van der Waals surface area (Å²) in [4.78, 5) is 24.0. The normalized spacial score (nSPS) is 10.9. The van der Waals surface area contributed by atoms with E-state index in [1.54, 1.807) is 60.0 Å². The summed E-state index contributed by atoms with van der Waals surface area (Å²) in [6.07, 6.45) is 0.573. The Morgan fingerprint density at radius 2 is 1.74 bits per heavy atom. The number of methoxy groups -OCH3 is 1. The Balaban J connectivity index is 1.55. The summed E-state index contributed by atoms with van der Waals surface area (Å²) in [7, 11) is -0.682. The topological polar surface area (TPSA) is 92.8 Å². The molecule has 3 aromatic rings. The number of benzene rings is 2. The fourth-order valence-electron chi connectivity index (χ4n) is 3.03. The van der Waals surface area contributed by atoms with Crippen LogP contribution in [0.2, 0.25) is 0 Å². The molecule has 1 N–H and O–H groups in total. The number of carbonyl (C=O) groups is 2. The maximum absolute atomic E-state index is 12.4. The zero-order chi connectivity index (χ0) is 24.6. The van der Waals surface area contributed by atoms with Crippen molar-refractivity contribution in [1.82, 2.24) is 4.31 Å². The number of anilines is 1. The first-order chi connectivity index (χ1) is 16.3. The predicted octanol–water partition coefficient (Wildman–Crippen LogP) is 3.97. The van der Waals surface area contributed by atoms with Gasteiger partial charge in [0.15, 0.2) is 0 Å². The molecule has 0 saturated heterocycles. The van der Waals surface area contributed by atoms with Gasteiger partial charge < -0.3 is 10.1 Å². The highest BCUT2D eigenvalue weighted by Gasteiger charge is 2.21. The van der Waals surface area contributed by atoms with Gasteiger partial charge in [-0.3, -0.25) is 4.79 Å². The molecule has 1 aromatic heterocycles. The van der Waals surface area contributed by atoms with Gasteiger partial charge in [-0.2, -0.15) is 0 Å². The van der Waals surface area contributed by atoms with Gasteiger partial charge in [0, 0.05) is 36.8 Å². The first-order valence-electron chi connectivity index (χ1n) is 10.4. The first-order valence-corrected chi connectivity index (χ1v) is 12.7. The van der Waals surface area contributed by atoms with Crippen molar-refractivity contribution in [1.29, 1.82) is 0 Å². The van der Waals surface area contributed by atoms with E-state index in [2.05, 4.69) is 17.2 Å². The van der Waals surface area contributed by atoms with E-state index in [1.165, 1.54) is 29.8 Å². The predicted molar refractivity (Wildman–Crippen MR) is 132 cm³/mol. The van der Waals surface area contributed by atoms with E-state index in [9.17, 15) is 18.0 Å². The van der Waals surface area contributed by atoms with Crippen molar-refractivity contribution in [2.75, 3.05) is 26.0 Å². The number of hydrogen-bond donors (Lipinski definition) is 1. The molecule has 0 aliphatic rings. The van der Waals surface area contributed by atoms with E-state index in [0.717, 1.165) is 0 Å². The van der Waals surface area contributed by atoms with Gasteiger partial charge in [0.1, 0.15) is 4.21 Å². The summed E-state index contributed by atoms with van der Waals surface area (Å²) in [5, 5.41) is 4.53. The number of carbonyl (C=O) groups excluding carboxylic acids is 2. The largest absolute Gasteiger partial charge is 0.465 e. The van der Waals surface area contributed by atoms with Gasteiger partial charge in [-0.1, -0.05) is 30.0 Å². The third-order valence-corrected chi connectivity index (χ3v) is 8.05. The Hall–Kier alpha value is -3.45. The Kier molecular flexibility index (Phi) is 8.60. The fourth-order valence-corrected chi connectivity index (χ4v) is 5.44. The van der Waals surface area contributed by atoms with Crippen molar-refractivity contribution < 1.29 is 22.7 Å². The molecular formula is C25H24N2O5S2. The molecule has 0 spiro atoms. The van der Waals surface area contributed by atoms with Crippen molar-refractivity contribution in [3.63, 3.8) is 0 Å². The molecule has 2 aromatic carbocycles. The second kappa shape index (κ2) is 11.6. The third kappa shape index (κ3) is 6.78. The zero-order valence-corrected chi connectivity index (χ0v) is 20.4. The average Bonchev–Trinajstić information content (AvgIpc) is 3.38. The van der Waals surface area contributed by atoms with Crippen LogP contribution < -0.4 is 5.32 Å². The lowest BCUT2D eigenvalue weighted by molar-refractivity contribution is -0.116. The number of nitrogens with zero attached hydrogens (tertiary/aromatic N) is 1. The Morgan fingerprint density at radius 1 is 1.03 bits per heavy atom. The van der Waals surface area contributed by atoms with E-state index in [0.29, 0.717) is 28.8 Å². The molecule has 1 heterocycles. The lowest BCUT2D eigenvalue weighted by atomic mass is 10.1. The summed E-state index contributed by atoms with van der Waals surface area (Å²) < 4.78 is 31.1. The second-order valence-corrected chi connectivity index (χ2v) is 10.5. The van der Waals surface area contributed by atoms with Crippen molar-refractivity contribution in [2.45, 2.75) is 17.1 Å². The minimum absolute atomic E-state index is 0.181. The molecular weight excluding hydrogens is 472 g/mol. The molecule has 1 amide bonds. The summed E-state index contributed by atoms with van der Waals surface area (Å²) in [5.41, 5.74) is 2.38. The molecule has 0 bridgehead atoms. The van der Waals surface area contributed by atoms with Crippen LogP contribution >= 0.6 is 11.3 Å². The number of nitrogens with one attached hydrogen (secondary N) is 1. The van der Waals surface area contributed by atoms with Crippen molar-refractivity contribution in [3.8, 4) is 11.8 Å². The van der Waals surface area contributed by atoms with E-state index >= 15 is 0 Å². The van der Waals surface area contributed by atoms with Crippen molar-refractivity contribution in [2.24, 2.45) is 0 Å². The van der Waals surface area contributed by atoms with Gasteiger partial charge in [-0.05, 0) is 54.3 Å². The molecule has 0 radical (unpaired) electrons. The molecule has 3 rings (SSSR count). The van der Waals surface area contributed by atoms with Gasteiger partial charge >= 0.3 is 5.97 Å². The van der Waals surface area contributed by atoms with Crippen molar-refractivity contribution in [3.05, 3.63) is 82.7 Å². The van der Waals surface area contributed by atoms with Gasteiger partial charge in [0.05, 0.1) is 12.7 Å². The smallest absolute Gasteiger partial charge is 0.337 e. The van der Waals surface area contributed by atoms with Crippen LogP contribution in [0.4, 0.5) is 5.69 Å². The summed E-state index contributed by atoms with van der Waals surface area (Å²) in [5.74, 6) is 5.38. The monoisotopic (exact) mass is 496 g/mol.